The summed E-state index contributed by atoms with van der Waals surface area (Å²) in [5, 5.41) is 2.71. The quantitative estimate of drug-likeness (QED) is 0.299. The van der Waals surface area contributed by atoms with Gasteiger partial charge < -0.3 is 0 Å². The van der Waals surface area contributed by atoms with E-state index < -0.39 is 0 Å². The van der Waals surface area contributed by atoms with E-state index in [0.29, 0.717) is 11.8 Å². The molecule has 2 aromatic carbocycles. The molecule has 152 valence electrons. The van der Waals surface area contributed by atoms with Gasteiger partial charge in [0, 0.05) is 6.07 Å². The van der Waals surface area contributed by atoms with Crippen molar-refractivity contribution in [3.05, 3.63) is 65.7 Å². The Morgan fingerprint density at radius 2 is 1.73 bits per heavy atom. The van der Waals surface area contributed by atoms with Crippen LogP contribution in [0.4, 0.5) is 0 Å². The Balaban J connectivity index is 1.83. The summed E-state index contributed by atoms with van der Waals surface area (Å²) >= 11 is 1.84. The van der Waals surface area contributed by atoms with E-state index in [1.807, 2.05) is 17.7 Å². The van der Waals surface area contributed by atoms with Gasteiger partial charge in [0.15, 0.2) is 6.20 Å². The summed E-state index contributed by atoms with van der Waals surface area (Å²) < 4.78 is 5.84. The average Bonchev–Trinajstić information content (AvgIpc) is 3.26. The maximum atomic E-state index is 4.69. The van der Waals surface area contributed by atoms with Gasteiger partial charge in [0.25, 0.3) is 0 Å². The fraction of sp³-hybridized carbons (Fsp3) is 0.308. The molecule has 3 heterocycles. The predicted octanol–water partition coefficient (Wildman–Crippen LogP) is 6.75. The van der Waals surface area contributed by atoms with Crippen LogP contribution < -0.4 is 4.57 Å². The van der Waals surface area contributed by atoms with E-state index in [4.69, 9.17) is 4.98 Å². The fourth-order valence-corrected chi connectivity index (χ4v) is 5.88. The third-order valence-corrected chi connectivity index (χ3v) is 7.36. The molecule has 0 saturated heterocycles. The van der Waals surface area contributed by atoms with Gasteiger partial charge in [-0.05, 0) is 46.7 Å². The number of pyridine rings is 1. The highest BCUT2D eigenvalue weighted by molar-refractivity contribution is 7.24. The number of aromatic nitrogens is 3. The molecule has 3 nitrogen and oxygen atoms in total. The summed E-state index contributed by atoms with van der Waals surface area (Å²) in [5.74, 6) is 0.894. The molecule has 5 aromatic rings. The number of hydrogen-bond acceptors (Lipinski definition) is 2. The second kappa shape index (κ2) is 6.92. The minimum Gasteiger partial charge on any atom is -0.289 e. The zero-order valence-electron chi connectivity index (χ0n) is 18.5. The molecular formula is C26H28N3S+. The zero-order chi connectivity index (χ0) is 21.2. The van der Waals surface area contributed by atoms with Gasteiger partial charge in [0.05, 0.1) is 16.8 Å². The molecule has 0 saturated carbocycles. The largest absolute Gasteiger partial charge is 0.289 e. The average molecular weight is 415 g/mol. The van der Waals surface area contributed by atoms with Crippen LogP contribution in [-0.4, -0.2) is 9.38 Å². The Bertz CT molecular complexity index is 1420. The fourth-order valence-electron chi connectivity index (χ4n) is 4.57. The normalized spacial score (nSPS) is 12.3. The van der Waals surface area contributed by atoms with E-state index in [-0.39, 0.29) is 0 Å². The van der Waals surface area contributed by atoms with Crippen LogP contribution in [0.25, 0.3) is 37.1 Å². The highest BCUT2D eigenvalue weighted by atomic mass is 32.1. The van der Waals surface area contributed by atoms with Crippen LogP contribution in [0.5, 0.6) is 0 Å². The smallest absolute Gasteiger partial charge is 0.214 e. The molecule has 0 N–H and O–H groups in total. The van der Waals surface area contributed by atoms with Crippen LogP contribution in [0, 0.1) is 6.92 Å². The molecule has 0 radical (unpaired) electrons. The summed E-state index contributed by atoms with van der Waals surface area (Å²) in [6.45, 7) is 11.2. The van der Waals surface area contributed by atoms with Crippen LogP contribution in [0.1, 0.15) is 56.4 Å². The van der Waals surface area contributed by atoms with Crippen molar-refractivity contribution in [1.29, 1.82) is 0 Å². The van der Waals surface area contributed by atoms with Crippen molar-refractivity contribution in [3.63, 3.8) is 0 Å². The molecule has 0 amide bonds. The summed E-state index contributed by atoms with van der Waals surface area (Å²) in [4.78, 5) is 5.95. The van der Waals surface area contributed by atoms with Gasteiger partial charge in [-0.2, -0.15) is 4.57 Å². The number of benzene rings is 2. The Labute approximate surface area is 181 Å². The summed E-state index contributed by atoms with van der Waals surface area (Å²) in [5.41, 5.74) is 7.72. The van der Waals surface area contributed by atoms with Gasteiger partial charge in [-0.25, -0.2) is 4.98 Å². The molecule has 30 heavy (non-hydrogen) atoms. The number of imidazole rings is 1. The maximum Gasteiger partial charge on any atom is 0.214 e. The lowest BCUT2D eigenvalue weighted by Crippen LogP contribution is -2.30. The molecule has 0 spiro atoms. The van der Waals surface area contributed by atoms with E-state index in [2.05, 4.69) is 93.2 Å². The highest BCUT2D eigenvalue weighted by Crippen LogP contribution is 2.37. The molecule has 0 aliphatic rings. The number of fused-ring (bicyclic) bond motifs is 4. The van der Waals surface area contributed by atoms with Crippen LogP contribution in [-0.2, 0) is 7.05 Å². The van der Waals surface area contributed by atoms with Crippen molar-refractivity contribution in [2.45, 2.75) is 46.5 Å². The first kappa shape index (κ1) is 19.3. The lowest BCUT2D eigenvalue weighted by Gasteiger charge is -2.15. The molecular weight excluding hydrogens is 386 g/mol. The van der Waals surface area contributed by atoms with E-state index in [1.165, 1.54) is 53.9 Å². The molecule has 3 aromatic heterocycles. The topological polar surface area (TPSA) is 21.2 Å². The first-order valence-corrected chi connectivity index (χ1v) is 11.5. The van der Waals surface area contributed by atoms with Crippen LogP contribution in [0.2, 0.25) is 0 Å². The summed E-state index contributed by atoms with van der Waals surface area (Å²) in [7, 11) is 2.16. The maximum absolute atomic E-state index is 4.69. The lowest BCUT2D eigenvalue weighted by molar-refractivity contribution is -0.659. The van der Waals surface area contributed by atoms with Crippen molar-refractivity contribution >= 4 is 37.2 Å². The second-order valence-electron chi connectivity index (χ2n) is 8.92. The molecule has 0 aliphatic heterocycles. The standard InChI is InChI=1S/C26H28N3S/c1-15(2)20-11-21(17(5)18-9-7-8-10-19(18)20)22-12-23-24(13-28(22)6)30-26-25(16(3)4)27-14-29(23)26/h7-16H,1-6H3/q+1. The predicted molar refractivity (Wildman–Crippen MR) is 128 cm³/mol. The number of thiazole rings is 1. The highest BCUT2D eigenvalue weighted by Gasteiger charge is 2.22. The third-order valence-electron chi connectivity index (χ3n) is 6.22. The first-order chi connectivity index (χ1) is 14.4. The molecule has 0 bridgehead atoms. The summed E-state index contributed by atoms with van der Waals surface area (Å²) in [6.07, 6.45) is 4.26. The van der Waals surface area contributed by atoms with Crippen LogP contribution in [0.15, 0.2) is 48.9 Å². The molecule has 0 aliphatic carbocycles. The molecule has 4 heteroatoms. The number of nitrogens with zero attached hydrogens (tertiary/aromatic N) is 3. The Morgan fingerprint density at radius 3 is 2.43 bits per heavy atom. The Morgan fingerprint density at radius 1 is 1.00 bits per heavy atom. The Kier molecular flexibility index (Phi) is 4.44. The van der Waals surface area contributed by atoms with Crippen molar-refractivity contribution in [2.75, 3.05) is 0 Å². The van der Waals surface area contributed by atoms with Gasteiger partial charge in [0.1, 0.15) is 22.9 Å². The third kappa shape index (κ3) is 2.78. The van der Waals surface area contributed by atoms with Crippen molar-refractivity contribution in [3.8, 4) is 11.3 Å². The molecule has 0 fully saturated rings. The van der Waals surface area contributed by atoms with Crippen molar-refractivity contribution < 1.29 is 4.57 Å². The minimum absolute atomic E-state index is 0.424. The first-order valence-electron chi connectivity index (χ1n) is 10.7. The van der Waals surface area contributed by atoms with Gasteiger partial charge in [-0.1, -0.05) is 52.0 Å². The van der Waals surface area contributed by atoms with Gasteiger partial charge in [-0.3, -0.25) is 4.40 Å². The van der Waals surface area contributed by atoms with E-state index >= 15 is 0 Å². The van der Waals surface area contributed by atoms with E-state index in [0.717, 1.165) is 0 Å². The molecule has 5 rings (SSSR count). The van der Waals surface area contributed by atoms with E-state index in [9.17, 15) is 0 Å². The van der Waals surface area contributed by atoms with Crippen molar-refractivity contribution in [2.24, 2.45) is 7.05 Å². The van der Waals surface area contributed by atoms with Crippen LogP contribution in [0.3, 0.4) is 0 Å². The second-order valence-corrected chi connectivity index (χ2v) is 9.95. The van der Waals surface area contributed by atoms with Gasteiger partial charge >= 0.3 is 0 Å². The SMILES string of the molecule is Cc1c(-c2cc3c(c[n+]2C)sc2c(C(C)C)ncn23)cc(C(C)C)c2ccccc12. The summed E-state index contributed by atoms with van der Waals surface area (Å²) in [6, 6.07) is 13.5. The Hall–Kier alpha value is -2.72. The van der Waals surface area contributed by atoms with Crippen LogP contribution >= 0.6 is 11.3 Å². The molecule has 0 atom stereocenters. The molecule has 0 unspecified atom stereocenters. The van der Waals surface area contributed by atoms with E-state index in [1.54, 1.807) is 0 Å². The van der Waals surface area contributed by atoms with Gasteiger partial charge in [-0.15, -0.1) is 11.3 Å². The minimum atomic E-state index is 0.424. The number of hydrogen-bond donors (Lipinski definition) is 0. The van der Waals surface area contributed by atoms with Crippen molar-refractivity contribution in [1.82, 2.24) is 9.38 Å². The monoisotopic (exact) mass is 414 g/mol. The van der Waals surface area contributed by atoms with Gasteiger partial charge in [0.2, 0.25) is 5.69 Å². The number of aryl methyl sites for hydroxylation is 2. The lowest BCUT2D eigenvalue weighted by atomic mass is 9.89. The number of rotatable bonds is 3. The zero-order valence-corrected chi connectivity index (χ0v) is 19.3.